The second kappa shape index (κ2) is 4.56. The van der Waals surface area contributed by atoms with E-state index in [1.807, 2.05) is 0 Å². The molecule has 3 heteroatoms. The van der Waals surface area contributed by atoms with E-state index in [0.29, 0.717) is 6.42 Å². The van der Waals surface area contributed by atoms with Gasteiger partial charge in [-0.3, -0.25) is 4.79 Å². The molecule has 16 heavy (non-hydrogen) atoms. The molecule has 1 aromatic carbocycles. The van der Waals surface area contributed by atoms with Crippen LogP contribution in [-0.4, -0.2) is 31.4 Å². The lowest BCUT2D eigenvalue weighted by atomic mass is 10.0. The van der Waals surface area contributed by atoms with E-state index in [2.05, 4.69) is 23.5 Å². The van der Waals surface area contributed by atoms with Crippen LogP contribution in [0.5, 0.6) is 0 Å². The highest BCUT2D eigenvalue weighted by Crippen LogP contribution is 2.27. The fourth-order valence-corrected chi connectivity index (χ4v) is 2.08. The van der Waals surface area contributed by atoms with Crippen LogP contribution in [0.1, 0.15) is 17.5 Å². The van der Waals surface area contributed by atoms with Gasteiger partial charge in [0.2, 0.25) is 5.91 Å². The Hall–Kier alpha value is -1.51. The molecule has 1 aliphatic rings. The summed E-state index contributed by atoms with van der Waals surface area (Å²) < 4.78 is 0. The third-order valence-electron chi connectivity index (χ3n) is 3.04. The molecule has 1 N–H and O–H groups in total. The molecule has 0 fully saturated rings. The fraction of sp³-hybridized carbons (Fsp3) is 0.462. The van der Waals surface area contributed by atoms with Gasteiger partial charge in [-0.15, -0.1) is 0 Å². The monoisotopic (exact) mass is 218 g/mol. The first-order chi connectivity index (χ1) is 7.68. The number of hydrogen-bond acceptors (Lipinski definition) is 2. The van der Waals surface area contributed by atoms with Gasteiger partial charge in [0.05, 0.1) is 0 Å². The van der Waals surface area contributed by atoms with E-state index < -0.39 is 0 Å². The molecule has 0 aromatic heterocycles. The fourth-order valence-electron chi connectivity index (χ4n) is 2.08. The molecule has 0 saturated heterocycles. The van der Waals surface area contributed by atoms with Crippen molar-refractivity contribution in [1.29, 1.82) is 0 Å². The summed E-state index contributed by atoms with van der Waals surface area (Å²) >= 11 is 0. The third kappa shape index (κ3) is 2.18. The Kier molecular flexibility index (Phi) is 3.13. The quantitative estimate of drug-likeness (QED) is 0.837. The molecule has 0 radical (unpaired) electrons. The summed E-state index contributed by atoms with van der Waals surface area (Å²) in [7, 11) is 3.60. The number of rotatable bonds is 3. The molecule has 0 bridgehead atoms. The van der Waals surface area contributed by atoms with Crippen LogP contribution in [0.2, 0.25) is 0 Å². The molecule has 1 heterocycles. The summed E-state index contributed by atoms with van der Waals surface area (Å²) in [6.07, 6.45) is 2.52. The number of anilines is 1. The highest BCUT2D eigenvalue weighted by atomic mass is 16.2. The zero-order valence-corrected chi connectivity index (χ0v) is 9.92. The Bertz CT molecular complexity index is 399. The average Bonchev–Trinajstić information content (AvgIpc) is 2.73. The lowest BCUT2D eigenvalue weighted by Crippen LogP contribution is -2.21. The van der Waals surface area contributed by atoms with Gasteiger partial charge >= 0.3 is 0 Å². The summed E-state index contributed by atoms with van der Waals surface area (Å²) in [4.78, 5) is 13.2. The largest absolute Gasteiger partial charge is 0.384 e. The normalized spacial score (nSPS) is 13.1. The second-order valence-electron chi connectivity index (χ2n) is 4.42. The van der Waals surface area contributed by atoms with Crippen LogP contribution in [-0.2, 0) is 17.6 Å². The zero-order chi connectivity index (χ0) is 11.5. The van der Waals surface area contributed by atoms with Gasteiger partial charge < -0.3 is 10.2 Å². The van der Waals surface area contributed by atoms with Crippen molar-refractivity contribution in [3.8, 4) is 0 Å². The van der Waals surface area contributed by atoms with Crippen molar-refractivity contribution in [3.63, 3.8) is 0 Å². The van der Waals surface area contributed by atoms with Gasteiger partial charge in [0, 0.05) is 32.7 Å². The van der Waals surface area contributed by atoms with Crippen molar-refractivity contribution < 1.29 is 4.79 Å². The smallest absolute Gasteiger partial charge is 0.222 e. The molecule has 1 amide bonds. The van der Waals surface area contributed by atoms with Crippen LogP contribution in [0, 0.1) is 0 Å². The number of para-hydroxylation sites is 1. The van der Waals surface area contributed by atoms with E-state index in [9.17, 15) is 4.79 Å². The number of hydrogen-bond donors (Lipinski definition) is 1. The van der Waals surface area contributed by atoms with Gasteiger partial charge in [-0.05, 0) is 24.0 Å². The zero-order valence-electron chi connectivity index (χ0n) is 9.92. The molecule has 1 aromatic rings. The average molecular weight is 218 g/mol. The predicted molar refractivity (Wildman–Crippen MR) is 65.7 cm³/mol. The number of nitrogens with one attached hydrogen (secondary N) is 1. The van der Waals surface area contributed by atoms with E-state index >= 15 is 0 Å². The van der Waals surface area contributed by atoms with Crippen LogP contribution >= 0.6 is 0 Å². The van der Waals surface area contributed by atoms with E-state index in [4.69, 9.17) is 0 Å². The maximum atomic E-state index is 11.5. The summed E-state index contributed by atoms with van der Waals surface area (Å²) in [5.41, 5.74) is 3.91. The topological polar surface area (TPSA) is 32.3 Å². The van der Waals surface area contributed by atoms with Gasteiger partial charge in [0.1, 0.15) is 0 Å². The molecule has 2 rings (SSSR count). The first kappa shape index (κ1) is 11.0. The van der Waals surface area contributed by atoms with E-state index in [-0.39, 0.29) is 5.91 Å². The molecular weight excluding hydrogens is 200 g/mol. The second-order valence-corrected chi connectivity index (χ2v) is 4.42. The van der Waals surface area contributed by atoms with E-state index in [0.717, 1.165) is 19.4 Å². The number of aryl methyl sites for hydroxylation is 1. The van der Waals surface area contributed by atoms with Gasteiger partial charge in [-0.1, -0.05) is 18.2 Å². The SMILES string of the molecule is CN(C)C(=O)CCc1cccc2c1NCC2. The third-order valence-corrected chi connectivity index (χ3v) is 3.04. The summed E-state index contributed by atoms with van der Waals surface area (Å²) in [5, 5.41) is 3.40. The molecule has 86 valence electrons. The van der Waals surface area contributed by atoms with Crippen molar-refractivity contribution in [1.82, 2.24) is 4.90 Å². The number of benzene rings is 1. The van der Waals surface area contributed by atoms with Crippen LogP contribution in [0.25, 0.3) is 0 Å². The van der Waals surface area contributed by atoms with Crippen LogP contribution in [0.4, 0.5) is 5.69 Å². The Labute approximate surface area is 96.5 Å². The van der Waals surface area contributed by atoms with Gasteiger partial charge in [0.15, 0.2) is 0 Å². The first-order valence-electron chi connectivity index (χ1n) is 5.73. The maximum Gasteiger partial charge on any atom is 0.222 e. The molecule has 0 atom stereocenters. The minimum atomic E-state index is 0.190. The van der Waals surface area contributed by atoms with Crippen molar-refractivity contribution in [2.75, 3.05) is 26.0 Å². The first-order valence-corrected chi connectivity index (χ1v) is 5.73. The summed E-state index contributed by atoms with van der Waals surface area (Å²) in [6.45, 7) is 1.02. The number of amides is 1. The molecule has 0 aliphatic carbocycles. The molecule has 0 spiro atoms. The molecule has 3 nitrogen and oxygen atoms in total. The van der Waals surface area contributed by atoms with Crippen molar-refractivity contribution >= 4 is 11.6 Å². The van der Waals surface area contributed by atoms with Gasteiger partial charge in [0.25, 0.3) is 0 Å². The number of fused-ring (bicyclic) bond motifs is 1. The van der Waals surface area contributed by atoms with Crippen molar-refractivity contribution in [2.45, 2.75) is 19.3 Å². The number of carbonyl (C=O) groups excluding carboxylic acids is 1. The standard InChI is InChI=1S/C13H18N2O/c1-15(2)12(16)7-6-10-4-3-5-11-8-9-14-13(10)11/h3-5,14H,6-9H2,1-2H3. The molecule has 0 saturated carbocycles. The molecular formula is C13H18N2O. The Morgan fingerprint density at radius 1 is 1.44 bits per heavy atom. The van der Waals surface area contributed by atoms with Crippen molar-refractivity contribution in [3.05, 3.63) is 29.3 Å². The van der Waals surface area contributed by atoms with Crippen molar-refractivity contribution in [2.24, 2.45) is 0 Å². The van der Waals surface area contributed by atoms with E-state index in [1.165, 1.54) is 16.8 Å². The van der Waals surface area contributed by atoms with Crippen LogP contribution < -0.4 is 5.32 Å². The lowest BCUT2D eigenvalue weighted by Gasteiger charge is -2.12. The molecule has 1 aliphatic heterocycles. The highest BCUT2D eigenvalue weighted by Gasteiger charge is 2.14. The van der Waals surface area contributed by atoms with Gasteiger partial charge in [-0.2, -0.15) is 0 Å². The Morgan fingerprint density at radius 3 is 3.00 bits per heavy atom. The highest BCUT2D eigenvalue weighted by molar-refractivity contribution is 5.76. The lowest BCUT2D eigenvalue weighted by molar-refractivity contribution is -0.128. The maximum absolute atomic E-state index is 11.5. The summed E-state index contributed by atoms with van der Waals surface area (Å²) in [6, 6.07) is 6.36. The summed E-state index contributed by atoms with van der Waals surface area (Å²) in [5.74, 6) is 0.190. The Morgan fingerprint density at radius 2 is 2.25 bits per heavy atom. The molecule has 0 unspecified atom stereocenters. The number of carbonyl (C=O) groups is 1. The minimum absolute atomic E-state index is 0.190. The predicted octanol–water partition coefficient (Wildman–Crippen LogP) is 1.68. The number of nitrogens with zero attached hydrogens (tertiary/aromatic N) is 1. The Balaban J connectivity index is 2.05. The van der Waals surface area contributed by atoms with Gasteiger partial charge in [-0.25, -0.2) is 0 Å². The van der Waals surface area contributed by atoms with E-state index in [1.54, 1.807) is 19.0 Å². The van der Waals surface area contributed by atoms with Crippen LogP contribution in [0.3, 0.4) is 0 Å². The minimum Gasteiger partial charge on any atom is -0.384 e. The van der Waals surface area contributed by atoms with Crippen LogP contribution in [0.15, 0.2) is 18.2 Å².